The van der Waals surface area contributed by atoms with Gasteiger partial charge in [0.25, 0.3) is 0 Å². The molecule has 1 atom stereocenters. The first-order valence-electron chi connectivity index (χ1n) is 6.65. The van der Waals surface area contributed by atoms with Crippen molar-refractivity contribution in [1.82, 2.24) is 0 Å². The van der Waals surface area contributed by atoms with E-state index < -0.39 is 9.84 Å². The molecular formula is C14H22FNO3S. The summed E-state index contributed by atoms with van der Waals surface area (Å²) in [5, 5.41) is 0. The van der Waals surface area contributed by atoms with Crippen LogP contribution >= 0.6 is 0 Å². The molecule has 0 aliphatic heterocycles. The number of rotatable bonds is 8. The van der Waals surface area contributed by atoms with E-state index in [0.717, 1.165) is 12.0 Å². The highest BCUT2D eigenvalue weighted by Crippen LogP contribution is 2.18. The van der Waals surface area contributed by atoms with Crippen LogP contribution in [0, 0.1) is 5.82 Å². The molecule has 0 saturated heterocycles. The van der Waals surface area contributed by atoms with E-state index >= 15 is 0 Å². The maximum Gasteiger partial charge on any atom is 0.147 e. The quantitative estimate of drug-likeness (QED) is 0.745. The molecule has 0 radical (unpaired) electrons. The summed E-state index contributed by atoms with van der Waals surface area (Å²) in [5.41, 5.74) is 6.63. The lowest BCUT2D eigenvalue weighted by atomic mass is 10.0. The second kappa shape index (κ2) is 7.59. The van der Waals surface area contributed by atoms with E-state index in [4.69, 9.17) is 10.5 Å². The van der Waals surface area contributed by atoms with Crippen molar-refractivity contribution in [2.75, 3.05) is 18.6 Å². The maximum absolute atomic E-state index is 13.5. The van der Waals surface area contributed by atoms with E-state index in [1.165, 1.54) is 18.4 Å². The number of halogens is 1. The first-order valence-corrected chi connectivity index (χ1v) is 8.72. The average molecular weight is 303 g/mol. The SMILES string of the molecule is CCC(N)Cc1cc(F)cc(OCCCS(C)(=O)=O)c1. The topological polar surface area (TPSA) is 69.4 Å². The van der Waals surface area contributed by atoms with Crippen LogP contribution in [0.3, 0.4) is 0 Å². The van der Waals surface area contributed by atoms with Gasteiger partial charge in [-0.25, -0.2) is 12.8 Å². The molecule has 0 aromatic heterocycles. The summed E-state index contributed by atoms with van der Waals surface area (Å²) in [6.07, 6.45) is 2.98. The molecule has 0 saturated carbocycles. The first kappa shape index (κ1) is 16.9. The maximum atomic E-state index is 13.5. The van der Waals surface area contributed by atoms with E-state index in [9.17, 15) is 12.8 Å². The molecule has 4 nitrogen and oxygen atoms in total. The molecule has 1 aromatic carbocycles. The summed E-state index contributed by atoms with van der Waals surface area (Å²) in [6, 6.07) is 4.48. The van der Waals surface area contributed by atoms with Gasteiger partial charge >= 0.3 is 0 Å². The fraction of sp³-hybridized carbons (Fsp3) is 0.571. The molecule has 20 heavy (non-hydrogen) atoms. The van der Waals surface area contributed by atoms with Crippen LogP contribution in [-0.4, -0.2) is 33.1 Å². The van der Waals surface area contributed by atoms with Gasteiger partial charge in [-0.05, 0) is 37.0 Å². The van der Waals surface area contributed by atoms with Crippen molar-refractivity contribution in [3.05, 3.63) is 29.6 Å². The molecule has 0 aliphatic rings. The van der Waals surface area contributed by atoms with Gasteiger partial charge in [0.2, 0.25) is 0 Å². The number of nitrogens with two attached hydrogens (primary N) is 1. The average Bonchev–Trinajstić information content (AvgIpc) is 2.32. The van der Waals surface area contributed by atoms with Crippen molar-refractivity contribution in [2.24, 2.45) is 5.73 Å². The number of hydrogen-bond acceptors (Lipinski definition) is 4. The summed E-state index contributed by atoms with van der Waals surface area (Å²) in [4.78, 5) is 0. The second-order valence-corrected chi connectivity index (χ2v) is 7.26. The molecule has 0 spiro atoms. The van der Waals surface area contributed by atoms with Crippen molar-refractivity contribution in [3.63, 3.8) is 0 Å². The lowest BCUT2D eigenvalue weighted by molar-refractivity contribution is 0.315. The molecule has 6 heteroatoms. The first-order chi connectivity index (χ1) is 9.30. The summed E-state index contributed by atoms with van der Waals surface area (Å²) in [5.74, 6) is 0.108. The zero-order valence-corrected chi connectivity index (χ0v) is 12.7. The standard InChI is InChI=1S/C14H22FNO3S/c1-3-13(16)8-11-7-12(15)10-14(9-11)19-5-4-6-20(2,17)18/h7,9-10,13H,3-6,8,16H2,1-2H3. The zero-order valence-electron chi connectivity index (χ0n) is 11.9. The predicted molar refractivity (Wildman–Crippen MR) is 78.2 cm³/mol. The van der Waals surface area contributed by atoms with E-state index in [0.29, 0.717) is 18.6 Å². The Kier molecular flexibility index (Phi) is 6.42. The van der Waals surface area contributed by atoms with Crippen molar-refractivity contribution >= 4 is 9.84 Å². The Morgan fingerprint density at radius 3 is 2.65 bits per heavy atom. The Morgan fingerprint density at radius 2 is 2.05 bits per heavy atom. The van der Waals surface area contributed by atoms with Gasteiger partial charge < -0.3 is 10.5 Å². The number of benzene rings is 1. The van der Waals surface area contributed by atoms with Crippen molar-refractivity contribution < 1.29 is 17.5 Å². The fourth-order valence-corrected chi connectivity index (χ4v) is 2.42. The zero-order chi connectivity index (χ0) is 15.2. The van der Waals surface area contributed by atoms with Crippen LogP contribution in [0.25, 0.3) is 0 Å². The van der Waals surface area contributed by atoms with E-state index in [2.05, 4.69) is 0 Å². The van der Waals surface area contributed by atoms with E-state index in [1.807, 2.05) is 6.92 Å². The Morgan fingerprint density at radius 1 is 1.35 bits per heavy atom. The third-order valence-corrected chi connectivity index (χ3v) is 3.91. The highest BCUT2D eigenvalue weighted by Gasteiger charge is 2.07. The molecule has 0 fully saturated rings. The summed E-state index contributed by atoms with van der Waals surface area (Å²) < 4.78 is 40.8. The van der Waals surface area contributed by atoms with Crippen molar-refractivity contribution in [2.45, 2.75) is 32.2 Å². The molecule has 0 aliphatic carbocycles. The van der Waals surface area contributed by atoms with Crippen molar-refractivity contribution in [3.8, 4) is 5.75 Å². The summed E-state index contributed by atoms with van der Waals surface area (Å²) in [7, 11) is -2.98. The van der Waals surface area contributed by atoms with Crippen LogP contribution in [0.2, 0.25) is 0 Å². The Balaban J connectivity index is 2.57. The number of hydrogen-bond donors (Lipinski definition) is 1. The Hall–Kier alpha value is -1.14. The minimum atomic E-state index is -2.98. The normalized spacial score (nSPS) is 13.2. The predicted octanol–water partition coefficient (Wildman–Crippen LogP) is 1.92. The minimum Gasteiger partial charge on any atom is -0.493 e. The van der Waals surface area contributed by atoms with Gasteiger partial charge in [0.1, 0.15) is 21.4 Å². The lowest BCUT2D eigenvalue weighted by Gasteiger charge is -2.11. The highest BCUT2D eigenvalue weighted by atomic mass is 32.2. The van der Waals surface area contributed by atoms with Crippen molar-refractivity contribution in [1.29, 1.82) is 0 Å². The minimum absolute atomic E-state index is 0.00474. The third-order valence-electron chi connectivity index (χ3n) is 2.88. The molecule has 0 amide bonds. The summed E-state index contributed by atoms with van der Waals surface area (Å²) >= 11 is 0. The fourth-order valence-electron chi connectivity index (χ4n) is 1.78. The second-order valence-electron chi connectivity index (χ2n) is 5.00. The van der Waals surface area contributed by atoms with Gasteiger partial charge in [-0.15, -0.1) is 0 Å². The highest BCUT2D eigenvalue weighted by molar-refractivity contribution is 7.90. The molecular weight excluding hydrogens is 281 g/mol. The van der Waals surface area contributed by atoms with Crippen LogP contribution in [0.5, 0.6) is 5.75 Å². The monoisotopic (exact) mass is 303 g/mol. The van der Waals surface area contributed by atoms with Gasteiger partial charge in [-0.1, -0.05) is 6.92 Å². The molecule has 1 rings (SSSR count). The van der Waals surface area contributed by atoms with Crippen LogP contribution < -0.4 is 10.5 Å². The van der Waals surface area contributed by atoms with E-state index in [1.54, 1.807) is 6.07 Å². The Bertz CT molecular complexity index is 531. The molecule has 1 unspecified atom stereocenters. The van der Waals surface area contributed by atoms with Crippen LogP contribution in [0.4, 0.5) is 4.39 Å². The summed E-state index contributed by atoms with van der Waals surface area (Å²) in [6.45, 7) is 2.22. The van der Waals surface area contributed by atoms with Gasteiger partial charge in [-0.2, -0.15) is 0 Å². The number of sulfone groups is 1. The molecule has 0 heterocycles. The van der Waals surface area contributed by atoms with Crippen LogP contribution in [0.1, 0.15) is 25.3 Å². The lowest BCUT2D eigenvalue weighted by Crippen LogP contribution is -2.21. The van der Waals surface area contributed by atoms with Gasteiger partial charge in [0.15, 0.2) is 0 Å². The smallest absolute Gasteiger partial charge is 0.147 e. The van der Waals surface area contributed by atoms with Gasteiger partial charge in [0.05, 0.1) is 12.4 Å². The number of ether oxygens (including phenoxy) is 1. The van der Waals surface area contributed by atoms with E-state index in [-0.39, 0.29) is 24.2 Å². The molecule has 2 N–H and O–H groups in total. The Labute approximate surface area is 120 Å². The van der Waals surface area contributed by atoms with Crippen LogP contribution in [0.15, 0.2) is 18.2 Å². The molecule has 1 aromatic rings. The van der Waals surface area contributed by atoms with Crippen LogP contribution in [-0.2, 0) is 16.3 Å². The molecule has 114 valence electrons. The van der Waals surface area contributed by atoms with Gasteiger partial charge in [0, 0.05) is 18.4 Å². The largest absolute Gasteiger partial charge is 0.493 e. The van der Waals surface area contributed by atoms with Gasteiger partial charge in [-0.3, -0.25) is 0 Å². The third kappa shape index (κ3) is 6.86. The molecule has 0 bridgehead atoms.